The summed E-state index contributed by atoms with van der Waals surface area (Å²) >= 11 is 0. The summed E-state index contributed by atoms with van der Waals surface area (Å²) in [5, 5.41) is 3.23. The molecule has 2 bridgehead atoms. The van der Waals surface area contributed by atoms with Crippen LogP contribution in [0.15, 0.2) is 36.2 Å². The zero-order valence-electron chi connectivity index (χ0n) is 16.6. The Morgan fingerprint density at radius 2 is 1.93 bits per heavy atom. The SMILES string of the molecule is COCC(NC(=O)C12CCC(CC1)CC2)c1ccc(OC/C(=C/F)CN)cc1. The number of hydrogen-bond acceptors (Lipinski definition) is 4. The molecule has 6 heteroatoms. The number of carbonyl (C=O) groups is 1. The van der Waals surface area contributed by atoms with E-state index in [4.69, 9.17) is 15.2 Å². The second-order valence-electron chi connectivity index (χ2n) is 8.07. The molecule has 1 aromatic carbocycles. The van der Waals surface area contributed by atoms with E-state index in [2.05, 4.69) is 5.32 Å². The number of fused-ring (bicyclic) bond motifs is 3. The average molecular weight is 390 g/mol. The molecule has 3 N–H and O–H groups in total. The van der Waals surface area contributed by atoms with Crippen molar-refractivity contribution in [1.29, 1.82) is 0 Å². The first kappa shape index (κ1) is 20.8. The first-order valence-corrected chi connectivity index (χ1v) is 10.1. The van der Waals surface area contributed by atoms with Crippen molar-refractivity contribution in [3.8, 4) is 5.75 Å². The van der Waals surface area contributed by atoms with Gasteiger partial charge in [-0.2, -0.15) is 0 Å². The van der Waals surface area contributed by atoms with Gasteiger partial charge in [-0.05, 0) is 62.1 Å². The third-order valence-electron chi connectivity index (χ3n) is 6.34. The minimum absolute atomic E-state index is 0.119. The molecule has 4 rings (SSSR count). The number of amides is 1. The molecule has 3 fully saturated rings. The Kier molecular flexibility index (Phi) is 7.08. The summed E-state index contributed by atoms with van der Waals surface area (Å²) in [6.45, 7) is 0.652. The van der Waals surface area contributed by atoms with E-state index in [-0.39, 0.29) is 30.5 Å². The molecular formula is C22H31FN2O3. The van der Waals surface area contributed by atoms with Gasteiger partial charge >= 0.3 is 0 Å². The van der Waals surface area contributed by atoms with Crippen LogP contribution in [0.5, 0.6) is 5.75 Å². The normalized spacial score (nSPS) is 25.4. The molecule has 1 atom stereocenters. The van der Waals surface area contributed by atoms with Crippen LogP contribution in [-0.2, 0) is 9.53 Å². The second-order valence-corrected chi connectivity index (χ2v) is 8.07. The number of halogens is 1. The van der Waals surface area contributed by atoms with Crippen LogP contribution in [0.3, 0.4) is 0 Å². The van der Waals surface area contributed by atoms with E-state index in [1.54, 1.807) is 7.11 Å². The molecule has 1 amide bonds. The number of benzene rings is 1. The van der Waals surface area contributed by atoms with Gasteiger partial charge in [0.2, 0.25) is 5.91 Å². The Balaban J connectivity index is 1.64. The van der Waals surface area contributed by atoms with Crippen LogP contribution >= 0.6 is 0 Å². The third kappa shape index (κ3) is 4.73. The lowest BCUT2D eigenvalue weighted by Crippen LogP contribution is -2.48. The van der Waals surface area contributed by atoms with Crippen molar-refractivity contribution in [3.63, 3.8) is 0 Å². The zero-order valence-corrected chi connectivity index (χ0v) is 16.6. The van der Waals surface area contributed by atoms with Crippen molar-refractivity contribution >= 4 is 5.91 Å². The zero-order chi connectivity index (χ0) is 20.0. The predicted octanol–water partition coefficient (Wildman–Crippen LogP) is 3.65. The highest BCUT2D eigenvalue weighted by Crippen LogP contribution is 2.50. The molecule has 1 aromatic rings. The quantitative estimate of drug-likeness (QED) is 0.675. The molecule has 0 saturated heterocycles. The van der Waals surface area contributed by atoms with Crippen LogP contribution in [0.25, 0.3) is 0 Å². The first-order valence-electron chi connectivity index (χ1n) is 10.1. The number of rotatable bonds is 9. The Bertz CT molecular complexity index is 668. The van der Waals surface area contributed by atoms with E-state index >= 15 is 0 Å². The minimum atomic E-state index is -0.203. The number of hydrogen-bond donors (Lipinski definition) is 2. The Morgan fingerprint density at radius 1 is 1.29 bits per heavy atom. The second kappa shape index (κ2) is 9.52. The smallest absolute Gasteiger partial charge is 0.226 e. The summed E-state index contributed by atoms with van der Waals surface area (Å²) in [5.74, 6) is 1.61. The van der Waals surface area contributed by atoms with Crippen LogP contribution in [0.2, 0.25) is 0 Å². The number of nitrogens with two attached hydrogens (primary N) is 1. The molecule has 3 saturated carbocycles. The maximum absolute atomic E-state index is 13.1. The first-order chi connectivity index (χ1) is 13.6. The van der Waals surface area contributed by atoms with E-state index in [0.717, 1.165) is 30.7 Å². The lowest BCUT2D eigenvalue weighted by atomic mass is 9.60. The van der Waals surface area contributed by atoms with Gasteiger partial charge in [0.05, 0.1) is 19.0 Å². The van der Waals surface area contributed by atoms with E-state index in [1.807, 2.05) is 24.3 Å². The largest absolute Gasteiger partial charge is 0.489 e. The molecular weight excluding hydrogens is 359 g/mol. The van der Waals surface area contributed by atoms with Gasteiger partial charge in [0.15, 0.2) is 0 Å². The summed E-state index contributed by atoms with van der Waals surface area (Å²) in [7, 11) is 1.64. The molecule has 0 aromatic heterocycles. The van der Waals surface area contributed by atoms with Crippen LogP contribution < -0.4 is 15.8 Å². The highest BCUT2D eigenvalue weighted by molar-refractivity contribution is 5.83. The van der Waals surface area contributed by atoms with E-state index in [9.17, 15) is 9.18 Å². The van der Waals surface area contributed by atoms with E-state index < -0.39 is 0 Å². The van der Waals surface area contributed by atoms with Crippen LogP contribution in [0.4, 0.5) is 4.39 Å². The van der Waals surface area contributed by atoms with Crippen molar-refractivity contribution < 1.29 is 18.7 Å². The van der Waals surface area contributed by atoms with E-state index in [0.29, 0.717) is 24.3 Å². The summed E-state index contributed by atoms with van der Waals surface area (Å²) in [6.07, 6.45) is 7.01. The average Bonchev–Trinajstić information content (AvgIpc) is 2.76. The van der Waals surface area contributed by atoms with Crippen molar-refractivity contribution in [1.82, 2.24) is 5.32 Å². The maximum Gasteiger partial charge on any atom is 0.226 e. The summed E-state index contributed by atoms with van der Waals surface area (Å²) in [6, 6.07) is 7.26. The van der Waals surface area contributed by atoms with Gasteiger partial charge in [-0.15, -0.1) is 0 Å². The molecule has 0 aliphatic heterocycles. The molecule has 0 heterocycles. The molecule has 154 valence electrons. The fourth-order valence-electron chi connectivity index (χ4n) is 4.40. The highest BCUT2D eigenvalue weighted by atomic mass is 19.1. The maximum atomic E-state index is 13.1. The van der Waals surface area contributed by atoms with Gasteiger partial charge < -0.3 is 20.5 Å². The topological polar surface area (TPSA) is 73.6 Å². The molecule has 5 nitrogen and oxygen atoms in total. The molecule has 3 aliphatic rings. The fraction of sp³-hybridized carbons (Fsp3) is 0.591. The van der Waals surface area contributed by atoms with Crippen molar-refractivity contribution in [2.24, 2.45) is 17.1 Å². The van der Waals surface area contributed by atoms with Crippen LogP contribution in [0.1, 0.15) is 50.1 Å². The number of ether oxygens (including phenoxy) is 2. The van der Waals surface area contributed by atoms with Gasteiger partial charge in [-0.1, -0.05) is 12.1 Å². The molecule has 0 spiro atoms. The summed E-state index contributed by atoms with van der Waals surface area (Å²) in [4.78, 5) is 13.1. The molecule has 1 unspecified atom stereocenters. The van der Waals surface area contributed by atoms with E-state index in [1.165, 1.54) is 19.3 Å². The van der Waals surface area contributed by atoms with Gasteiger partial charge in [-0.3, -0.25) is 4.79 Å². The molecule has 0 radical (unpaired) electrons. The van der Waals surface area contributed by atoms with Gasteiger partial charge in [-0.25, -0.2) is 4.39 Å². The van der Waals surface area contributed by atoms with Gasteiger partial charge in [0.25, 0.3) is 0 Å². The Labute approximate surface area is 166 Å². The summed E-state index contributed by atoms with van der Waals surface area (Å²) < 4.78 is 23.5. The monoisotopic (exact) mass is 390 g/mol. The van der Waals surface area contributed by atoms with Crippen molar-refractivity contribution in [2.45, 2.75) is 44.6 Å². The van der Waals surface area contributed by atoms with Gasteiger partial charge in [0, 0.05) is 24.6 Å². The standard InChI is InChI=1S/C22H31FN2O3/c1-27-15-20(25-21(26)22-9-6-16(7-10-22)8-11-22)18-2-4-19(5-3-18)28-14-17(12-23)13-24/h2-5,12,16,20H,6-11,13-15,24H2,1H3,(H,25,26)/b17-12+. The Morgan fingerprint density at radius 3 is 2.46 bits per heavy atom. The van der Waals surface area contributed by atoms with Crippen molar-refractivity contribution in [2.75, 3.05) is 26.9 Å². The highest BCUT2D eigenvalue weighted by Gasteiger charge is 2.46. The number of carbonyl (C=O) groups excluding carboxylic acids is 1. The van der Waals surface area contributed by atoms with Gasteiger partial charge in [0.1, 0.15) is 12.4 Å². The minimum Gasteiger partial charge on any atom is -0.489 e. The predicted molar refractivity (Wildman–Crippen MR) is 107 cm³/mol. The lowest BCUT2D eigenvalue weighted by molar-refractivity contribution is -0.138. The van der Waals surface area contributed by atoms with Crippen molar-refractivity contribution in [3.05, 3.63) is 41.7 Å². The Hall–Kier alpha value is -1.92. The molecule has 3 aliphatic carbocycles. The number of nitrogens with one attached hydrogen (secondary N) is 1. The van der Waals surface area contributed by atoms with Crippen LogP contribution in [-0.4, -0.2) is 32.8 Å². The lowest BCUT2D eigenvalue weighted by Gasteiger charge is -2.45. The summed E-state index contributed by atoms with van der Waals surface area (Å²) in [5.41, 5.74) is 6.60. The van der Waals surface area contributed by atoms with Crippen LogP contribution in [0, 0.1) is 11.3 Å². The number of methoxy groups -OCH3 is 1. The molecule has 28 heavy (non-hydrogen) atoms. The fourth-order valence-corrected chi connectivity index (χ4v) is 4.40. The third-order valence-corrected chi connectivity index (χ3v) is 6.34.